The van der Waals surface area contributed by atoms with Crippen molar-refractivity contribution in [3.63, 3.8) is 0 Å². The van der Waals surface area contributed by atoms with Gasteiger partial charge in [-0.1, -0.05) is 18.3 Å². The lowest BCUT2D eigenvalue weighted by Crippen LogP contribution is -2.24. The molecule has 0 aromatic carbocycles. The van der Waals surface area contributed by atoms with Gasteiger partial charge in [-0.2, -0.15) is 0 Å². The van der Waals surface area contributed by atoms with Crippen LogP contribution in [0.25, 0.3) is 0 Å². The van der Waals surface area contributed by atoms with Crippen LogP contribution in [0, 0.1) is 0 Å². The SMILES string of the molecule is CCc1ncc(S(=O)(=O)NCc2csc(=O)[nH]2)[nH]1. The quantitative estimate of drug-likeness (QED) is 0.730. The van der Waals surface area contributed by atoms with E-state index < -0.39 is 10.0 Å². The normalized spacial score (nSPS) is 11.8. The van der Waals surface area contributed by atoms with Gasteiger partial charge < -0.3 is 9.97 Å². The summed E-state index contributed by atoms with van der Waals surface area (Å²) in [4.78, 5) is 19.9. The van der Waals surface area contributed by atoms with Crippen LogP contribution in [0.1, 0.15) is 18.4 Å². The highest BCUT2D eigenvalue weighted by Crippen LogP contribution is 2.06. The summed E-state index contributed by atoms with van der Waals surface area (Å²) in [6, 6.07) is 0. The van der Waals surface area contributed by atoms with E-state index in [1.54, 1.807) is 5.38 Å². The second-order valence-electron chi connectivity index (χ2n) is 3.55. The van der Waals surface area contributed by atoms with Crippen LogP contribution >= 0.6 is 11.3 Å². The van der Waals surface area contributed by atoms with Crippen LogP contribution in [-0.2, 0) is 23.0 Å². The van der Waals surface area contributed by atoms with Gasteiger partial charge in [0.2, 0.25) is 0 Å². The van der Waals surface area contributed by atoms with Gasteiger partial charge in [-0.3, -0.25) is 4.79 Å². The Morgan fingerprint density at radius 2 is 2.22 bits per heavy atom. The van der Waals surface area contributed by atoms with Gasteiger partial charge in [0.15, 0.2) is 5.03 Å². The molecule has 2 aromatic heterocycles. The fraction of sp³-hybridized carbons (Fsp3) is 0.333. The summed E-state index contributed by atoms with van der Waals surface area (Å²) in [5, 5.41) is 1.60. The summed E-state index contributed by atoms with van der Waals surface area (Å²) in [7, 11) is -3.62. The van der Waals surface area contributed by atoms with Gasteiger partial charge in [0.1, 0.15) is 5.82 Å². The Hall–Kier alpha value is -1.45. The van der Waals surface area contributed by atoms with Crippen molar-refractivity contribution in [1.29, 1.82) is 0 Å². The molecule has 0 spiro atoms. The second kappa shape index (κ2) is 5.04. The summed E-state index contributed by atoms with van der Waals surface area (Å²) in [5.41, 5.74) is 0.531. The number of aromatic amines is 2. The Kier molecular flexibility index (Phi) is 3.64. The highest BCUT2D eigenvalue weighted by Gasteiger charge is 2.16. The number of imidazole rings is 1. The first kappa shape index (κ1) is 13.0. The van der Waals surface area contributed by atoms with Crippen LogP contribution < -0.4 is 9.60 Å². The summed E-state index contributed by atoms with van der Waals surface area (Å²) in [6.07, 6.45) is 1.91. The largest absolute Gasteiger partial charge is 0.332 e. The number of aromatic nitrogens is 3. The van der Waals surface area contributed by atoms with E-state index in [4.69, 9.17) is 0 Å². The van der Waals surface area contributed by atoms with Gasteiger partial charge in [-0.05, 0) is 0 Å². The zero-order valence-electron chi connectivity index (χ0n) is 9.56. The van der Waals surface area contributed by atoms with E-state index in [0.29, 0.717) is 17.9 Å². The summed E-state index contributed by atoms with van der Waals surface area (Å²) >= 11 is 0.992. The van der Waals surface area contributed by atoms with Gasteiger partial charge in [-0.25, -0.2) is 18.1 Å². The third-order valence-corrected chi connectivity index (χ3v) is 4.28. The molecule has 0 aliphatic heterocycles. The van der Waals surface area contributed by atoms with Crippen molar-refractivity contribution in [3.05, 3.63) is 32.8 Å². The molecular formula is C9H12N4O3S2. The molecule has 0 aliphatic rings. The molecule has 0 amide bonds. The van der Waals surface area contributed by atoms with E-state index in [1.807, 2.05) is 6.92 Å². The van der Waals surface area contributed by atoms with Crippen molar-refractivity contribution in [2.24, 2.45) is 0 Å². The standard InChI is InChI=1S/C9H12N4O3S2/c1-2-7-10-4-8(13-7)18(15,16)11-3-6-5-17-9(14)12-6/h4-5,11H,2-3H2,1H3,(H,10,13)(H,12,14). The molecule has 0 saturated carbocycles. The summed E-state index contributed by atoms with van der Waals surface area (Å²) in [6.45, 7) is 1.92. The first-order valence-electron chi connectivity index (χ1n) is 5.21. The predicted molar refractivity (Wildman–Crippen MR) is 66.9 cm³/mol. The van der Waals surface area contributed by atoms with Gasteiger partial charge in [0, 0.05) is 17.5 Å². The smallest absolute Gasteiger partial charge is 0.304 e. The molecule has 2 rings (SSSR count). The molecule has 0 saturated heterocycles. The van der Waals surface area contributed by atoms with E-state index in [1.165, 1.54) is 6.20 Å². The van der Waals surface area contributed by atoms with Gasteiger partial charge in [0.25, 0.3) is 10.0 Å². The molecule has 0 atom stereocenters. The number of rotatable bonds is 5. The molecule has 0 unspecified atom stereocenters. The molecular weight excluding hydrogens is 276 g/mol. The van der Waals surface area contributed by atoms with Crippen LogP contribution in [0.5, 0.6) is 0 Å². The molecule has 0 bridgehead atoms. The minimum Gasteiger partial charge on any atom is -0.332 e. The van der Waals surface area contributed by atoms with Gasteiger partial charge in [-0.15, -0.1) is 0 Å². The van der Waals surface area contributed by atoms with Crippen LogP contribution in [0.2, 0.25) is 0 Å². The minimum atomic E-state index is -3.62. The molecule has 0 radical (unpaired) electrons. The zero-order chi connectivity index (χ0) is 13.2. The molecule has 0 aliphatic carbocycles. The summed E-state index contributed by atoms with van der Waals surface area (Å²) < 4.78 is 26.1. The lowest BCUT2D eigenvalue weighted by molar-refractivity contribution is 0.577. The molecule has 2 heterocycles. The van der Waals surface area contributed by atoms with E-state index >= 15 is 0 Å². The Bertz CT molecular complexity index is 682. The average Bonchev–Trinajstić information content (AvgIpc) is 2.95. The highest BCUT2D eigenvalue weighted by atomic mass is 32.2. The number of nitrogens with zero attached hydrogens (tertiary/aromatic N) is 1. The molecule has 9 heteroatoms. The lowest BCUT2D eigenvalue weighted by Gasteiger charge is -2.02. The van der Waals surface area contributed by atoms with Gasteiger partial charge in [0.05, 0.1) is 12.7 Å². The lowest BCUT2D eigenvalue weighted by atomic mass is 10.5. The number of nitrogens with one attached hydrogen (secondary N) is 3. The first-order chi connectivity index (χ1) is 8.51. The predicted octanol–water partition coefficient (Wildman–Crippen LogP) is 0.200. The number of aryl methyl sites for hydroxylation is 1. The molecule has 18 heavy (non-hydrogen) atoms. The van der Waals surface area contributed by atoms with Crippen LogP contribution in [-0.4, -0.2) is 23.4 Å². The Labute approximate surface area is 107 Å². The third kappa shape index (κ3) is 2.86. The molecule has 2 aromatic rings. The molecule has 3 N–H and O–H groups in total. The topological polar surface area (TPSA) is 108 Å². The Morgan fingerprint density at radius 3 is 2.78 bits per heavy atom. The first-order valence-corrected chi connectivity index (χ1v) is 7.58. The van der Waals surface area contributed by atoms with Crippen molar-refractivity contribution in [1.82, 2.24) is 19.7 Å². The van der Waals surface area contributed by atoms with Crippen LogP contribution in [0.15, 0.2) is 21.4 Å². The van der Waals surface area contributed by atoms with Crippen LogP contribution in [0.4, 0.5) is 0 Å². The van der Waals surface area contributed by atoms with Crippen molar-refractivity contribution in [2.45, 2.75) is 24.9 Å². The number of H-pyrrole nitrogens is 2. The number of hydrogen-bond donors (Lipinski definition) is 3. The van der Waals surface area contributed by atoms with E-state index in [2.05, 4.69) is 19.7 Å². The van der Waals surface area contributed by atoms with E-state index in [0.717, 1.165) is 11.3 Å². The van der Waals surface area contributed by atoms with E-state index in [-0.39, 0.29) is 16.4 Å². The maximum absolute atomic E-state index is 11.9. The molecule has 7 nitrogen and oxygen atoms in total. The fourth-order valence-corrected chi connectivity index (χ4v) is 2.84. The average molecular weight is 288 g/mol. The number of sulfonamides is 1. The summed E-state index contributed by atoms with van der Waals surface area (Å²) in [5.74, 6) is 0.610. The maximum atomic E-state index is 11.9. The maximum Gasteiger partial charge on any atom is 0.304 e. The Balaban J connectivity index is 2.10. The number of hydrogen-bond acceptors (Lipinski definition) is 5. The van der Waals surface area contributed by atoms with E-state index in [9.17, 15) is 13.2 Å². The highest BCUT2D eigenvalue weighted by molar-refractivity contribution is 7.89. The van der Waals surface area contributed by atoms with Crippen molar-refractivity contribution >= 4 is 21.4 Å². The third-order valence-electron chi connectivity index (χ3n) is 2.25. The Morgan fingerprint density at radius 1 is 1.44 bits per heavy atom. The fourth-order valence-electron chi connectivity index (χ4n) is 1.31. The minimum absolute atomic E-state index is 0.0249. The molecule has 98 valence electrons. The number of thiazole rings is 1. The second-order valence-corrected chi connectivity index (χ2v) is 6.12. The monoisotopic (exact) mass is 288 g/mol. The van der Waals surface area contributed by atoms with Crippen molar-refractivity contribution in [3.8, 4) is 0 Å². The van der Waals surface area contributed by atoms with Gasteiger partial charge >= 0.3 is 4.87 Å². The van der Waals surface area contributed by atoms with Crippen molar-refractivity contribution in [2.75, 3.05) is 0 Å². The molecule has 0 fully saturated rings. The van der Waals surface area contributed by atoms with Crippen molar-refractivity contribution < 1.29 is 8.42 Å². The zero-order valence-corrected chi connectivity index (χ0v) is 11.2. The van der Waals surface area contributed by atoms with Crippen LogP contribution in [0.3, 0.4) is 0 Å².